The summed E-state index contributed by atoms with van der Waals surface area (Å²) in [6, 6.07) is 15.1. The summed E-state index contributed by atoms with van der Waals surface area (Å²) >= 11 is 0. The zero-order valence-corrected chi connectivity index (χ0v) is 16.7. The Morgan fingerprint density at radius 1 is 1.07 bits per heavy atom. The Morgan fingerprint density at radius 3 is 2.22 bits per heavy atom. The maximum Gasteiger partial charge on any atom is 0.243 e. The van der Waals surface area contributed by atoms with E-state index in [-0.39, 0.29) is 5.91 Å². The lowest BCUT2D eigenvalue weighted by atomic mass is 10.2. The molecule has 6 nitrogen and oxygen atoms in total. The van der Waals surface area contributed by atoms with Crippen LogP contribution < -0.4 is 14.4 Å². The van der Waals surface area contributed by atoms with Gasteiger partial charge in [-0.05, 0) is 49.7 Å². The first kappa shape index (κ1) is 20.8. The summed E-state index contributed by atoms with van der Waals surface area (Å²) in [5.41, 5.74) is 0.413. The number of hydrogen-bond acceptors (Lipinski definition) is 4. The van der Waals surface area contributed by atoms with Crippen LogP contribution in [0.3, 0.4) is 0 Å². The second-order valence-corrected chi connectivity index (χ2v) is 8.15. The topological polar surface area (TPSA) is 75.7 Å². The fraction of sp³-hybridized carbons (Fsp3) is 0.350. The predicted octanol–water partition coefficient (Wildman–Crippen LogP) is 3.55. The van der Waals surface area contributed by atoms with Crippen molar-refractivity contribution in [1.29, 1.82) is 0 Å². The van der Waals surface area contributed by atoms with E-state index in [1.165, 1.54) is 0 Å². The summed E-state index contributed by atoms with van der Waals surface area (Å²) in [6.07, 6.45) is 2.90. The van der Waals surface area contributed by atoms with Gasteiger partial charge in [-0.1, -0.05) is 31.5 Å². The quantitative estimate of drug-likeness (QED) is 0.665. The van der Waals surface area contributed by atoms with Crippen LogP contribution in [0.15, 0.2) is 54.6 Å². The summed E-state index contributed by atoms with van der Waals surface area (Å²) in [4.78, 5) is 12.3. The molecule has 0 saturated carbocycles. The van der Waals surface area contributed by atoms with Crippen LogP contribution in [0.5, 0.6) is 11.5 Å². The highest BCUT2D eigenvalue weighted by Crippen LogP contribution is 2.26. The Kier molecular flexibility index (Phi) is 7.24. The minimum Gasteiger partial charge on any atom is -0.457 e. The lowest BCUT2D eigenvalue weighted by Gasteiger charge is -2.28. The molecule has 0 unspecified atom stereocenters. The van der Waals surface area contributed by atoms with Crippen LogP contribution in [0.4, 0.5) is 5.69 Å². The molecular formula is C20H26N2O4S. The van der Waals surface area contributed by atoms with E-state index in [9.17, 15) is 13.2 Å². The van der Waals surface area contributed by atoms with Crippen molar-refractivity contribution in [1.82, 2.24) is 5.32 Å². The molecule has 0 aromatic heterocycles. The number of sulfonamides is 1. The zero-order chi connectivity index (χ0) is 19.9. The monoisotopic (exact) mass is 390 g/mol. The number of nitrogens with one attached hydrogen (secondary N) is 1. The van der Waals surface area contributed by atoms with E-state index in [4.69, 9.17) is 4.74 Å². The smallest absolute Gasteiger partial charge is 0.243 e. The number of nitrogens with zero attached hydrogens (tertiary/aromatic N) is 1. The molecule has 1 amide bonds. The summed E-state index contributed by atoms with van der Waals surface area (Å²) in [5, 5.41) is 2.78. The fourth-order valence-corrected chi connectivity index (χ4v) is 3.81. The van der Waals surface area contributed by atoms with Gasteiger partial charge in [0.2, 0.25) is 15.9 Å². The normalized spacial score (nSPS) is 12.3. The van der Waals surface area contributed by atoms with E-state index in [0.29, 0.717) is 23.7 Å². The van der Waals surface area contributed by atoms with Crippen molar-refractivity contribution in [3.63, 3.8) is 0 Å². The molecule has 0 aliphatic heterocycles. The zero-order valence-electron chi connectivity index (χ0n) is 15.9. The van der Waals surface area contributed by atoms with Crippen LogP contribution >= 0.6 is 0 Å². The second kappa shape index (κ2) is 9.41. The average molecular weight is 391 g/mol. The molecule has 146 valence electrons. The number of rotatable bonds is 9. The maximum atomic E-state index is 12.3. The van der Waals surface area contributed by atoms with Gasteiger partial charge in [-0.3, -0.25) is 9.10 Å². The van der Waals surface area contributed by atoms with Gasteiger partial charge in [0.25, 0.3) is 0 Å². The van der Waals surface area contributed by atoms with Gasteiger partial charge >= 0.3 is 0 Å². The molecule has 0 aliphatic carbocycles. The Hall–Kier alpha value is -2.54. The highest BCUT2D eigenvalue weighted by molar-refractivity contribution is 7.92. The third kappa shape index (κ3) is 5.99. The number of carbonyl (C=O) groups excluding carboxylic acids is 1. The van der Waals surface area contributed by atoms with Gasteiger partial charge in [-0.25, -0.2) is 8.42 Å². The minimum absolute atomic E-state index is 0.321. The number of carbonyl (C=O) groups is 1. The SMILES string of the molecule is CCCCNC(=O)[C@@H](C)N(c1ccc(Oc2ccccc2)cc1)S(C)(=O)=O. The molecule has 0 saturated heterocycles. The van der Waals surface area contributed by atoms with Gasteiger partial charge in [0.15, 0.2) is 0 Å². The molecule has 2 aromatic carbocycles. The van der Waals surface area contributed by atoms with Crippen LogP contribution in [0.25, 0.3) is 0 Å². The molecule has 2 aromatic rings. The van der Waals surface area contributed by atoms with Crippen molar-refractivity contribution in [3.05, 3.63) is 54.6 Å². The van der Waals surface area contributed by atoms with Crippen molar-refractivity contribution in [3.8, 4) is 11.5 Å². The van der Waals surface area contributed by atoms with Crippen LogP contribution in [-0.2, 0) is 14.8 Å². The molecule has 0 spiro atoms. The van der Waals surface area contributed by atoms with E-state index in [1.54, 1.807) is 31.2 Å². The van der Waals surface area contributed by atoms with Gasteiger partial charge in [-0.15, -0.1) is 0 Å². The van der Waals surface area contributed by atoms with Crippen LogP contribution in [-0.4, -0.2) is 33.2 Å². The van der Waals surface area contributed by atoms with Gasteiger partial charge in [-0.2, -0.15) is 0 Å². The van der Waals surface area contributed by atoms with Crippen molar-refractivity contribution in [2.24, 2.45) is 0 Å². The third-order valence-corrected chi connectivity index (χ3v) is 5.23. The first-order valence-corrected chi connectivity index (χ1v) is 10.8. The lowest BCUT2D eigenvalue weighted by molar-refractivity contribution is -0.121. The van der Waals surface area contributed by atoms with Crippen molar-refractivity contribution in [2.75, 3.05) is 17.1 Å². The largest absolute Gasteiger partial charge is 0.457 e. The van der Waals surface area contributed by atoms with E-state index < -0.39 is 16.1 Å². The molecule has 1 atom stereocenters. The number of unbranched alkanes of at least 4 members (excludes halogenated alkanes) is 1. The highest BCUT2D eigenvalue weighted by Gasteiger charge is 2.28. The van der Waals surface area contributed by atoms with Gasteiger partial charge in [0.05, 0.1) is 11.9 Å². The van der Waals surface area contributed by atoms with E-state index in [1.807, 2.05) is 37.3 Å². The molecule has 0 fully saturated rings. The Bertz CT molecular complexity index is 836. The highest BCUT2D eigenvalue weighted by atomic mass is 32.2. The molecule has 1 N–H and O–H groups in total. The molecule has 0 heterocycles. The standard InChI is InChI=1S/C20H26N2O4S/c1-4-5-15-21-20(23)16(2)22(27(3,24)25)17-11-13-19(14-12-17)26-18-9-7-6-8-10-18/h6-14,16H,4-5,15H2,1-3H3,(H,21,23)/t16-/m1/s1. The van der Waals surface area contributed by atoms with E-state index in [0.717, 1.165) is 23.4 Å². The fourth-order valence-electron chi connectivity index (χ4n) is 2.63. The maximum absolute atomic E-state index is 12.3. The first-order chi connectivity index (χ1) is 12.8. The summed E-state index contributed by atoms with van der Waals surface area (Å²) < 4.78 is 31.4. The molecule has 0 radical (unpaired) electrons. The number of ether oxygens (including phenoxy) is 1. The number of hydrogen-bond donors (Lipinski definition) is 1. The van der Waals surface area contributed by atoms with Gasteiger partial charge in [0, 0.05) is 6.54 Å². The lowest BCUT2D eigenvalue weighted by Crippen LogP contribution is -2.48. The first-order valence-electron chi connectivity index (χ1n) is 8.93. The van der Waals surface area contributed by atoms with Crippen LogP contribution in [0, 0.1) is 0 Å². The summed E-state index contributed by atoms with van der Waals surface area (Å²) in [6.45, 7) is 4.13. The average Bonchev–Trinajstić information content (AvgIpc) is 2.63. The van der Waals surface area contributed by atoms with Crippen molar-refractivity contribution < 1.29 is 17.9 Å². The van der Waals surface area contributed by atoms with Crippen LogP contribution in [0.1, 0.15) is 26.7 Å². The molecule has 7 heteroatoms. The third-order valence-electron chi connectivity index (χ3n) is 3.99. The number of para-hydroxylation sites is 1. The molecule has 0 bridgehead atoms. The van der Waals surface area contributed by atoms with Gasteiger partial charge < -0.3 is 10.1 Å². The second-order valence-electron chi connectivity index (χ2n) is 6.29. The van der Waals surface area contributed by atoms with Crippen LogP contribution in [0.2, 0.25) is 0 Å². The predicted molar refractivity (Wildman–Crippen MR) is 108 cm³/mol. The van der Waals surface area contributed by atoms with Crippen molar-refractivity contribution in [2.45, 2.75) is 32.7 Å². The Labute approximate surface area is 161 Å². The Balaban J connectivity index is 2.18. The molecule has 2 rings (SSSR count). The number of amides is 1. The summed E-state index contributed by atoms with van der Waals surface area (Å²) in [7, 11) is -3.63. The summed E-state index contributed by atoms with van der Waals surface area (Å²) in [5.74, 6) is 0.950. The molecule has 0 aliphatic rings. The van der Waals surface area contributed by atoms with E-state index in [2.05, 4.69) is 5.32 Å². The van der Waals surface area contributed by atoms with Crippen molar-refractivity contribution >= 4 is 21.6 Å². The van der Waals surface area contributed by atoms with Gasteiger partial charge in [0.1, 0.15) is 17.5 Å². The Morgan fingerprint density at radius 2 is 1.67 bits per heavy atom. The molecular weight excluding hydrogens is 364 g/mol. The number of benzene rings is 2. The number of anilines is 1. The minimum atomic E-state index is -3.63. The van der Waals surface area contributed by atoms with E-state index >= 15 is 0 Å². The molecule has 27 heavy (non-hydrogen) atoms.